The number of aromatic nitrogens is 2. The van der Waals surface area contributed by atoms with E-state index in [-0.39, 0.29) is 6.61 Å². The van der Waals surface area contributed by atoms with Gasteiger partial charge in [0.15, 0.2) is 5.58 Å². The van der Waals surface area contributed by atoms with Crippen LogP contribution in [0, 0.1) is 6.92 Å². The molecule has 3 aromatic heterocycles. The lowest BCUT2D eigenvalue weighted by atomic mass is 10.1. The molecule has 3 rings (SSSR count). The maximum atomic E-state index is 12.1. The summed E-state index contributed by atoms with van der Waals surface area (Å²) in [5.41, 5.74) is 2.41. The van der Waals surface area contributed by atoms with Crippen LogP contribution in [0.5, 0.6) is 0 Å². The third kappa shape index (κ3) is 1.98. The van der Waals surface area contributed by atoms with Gasteiger partial charge in [-0.3, -0.25) is 9.97 Å². The van der Waals surface area contributed by atoms with Crippen molar-refractivity contribution in [2.24, 2.45) is 0 Å². The van der Waals surface area contributed by atoms with Gasteiger partial charge in [0.1, 0.15) is 0 Å². The van der Waals surface area contributed by atoms with Gasteiger partial charge in [-0.1, -0.05) is 0 Å². The largest absolute Gasteiger partial charge is 0.420 e. The van der Waals surface area contributed by atoms with E-state index in [0.717, 1.165) is 5.56 Å². The number of rotatable bonds is 2. The van der Waals surface area contributed by atoms with E-state index in [2.05, 4.69) is 9.97 Å². The van der Waals surface area contributed by atoms with E-state index in [1.54, 1.807) is 43.7 Å². The summed E-state index contributed by atoms with van der Waals surface area (Å²) in [4.78, 5) is 20.2. The van der Waals surface area contributed by atoms with E-state index in [1.165, 1.54) is 0 Å². The first-order valence-electron chi connectivity index (χ1n) is 6.14. The first kappa shape index (κ1) is 12.5. The Morgan fingerprint density at radius 1 is 1.30 bits per heavy atom. The van der Waals surface area contributed by atoms with E-state index in [9.17, 15) is 9.90 Å². The van der Waals surface area contributed by atoms with Crippen molar-refractivity contribution in [2.45, 2.75) is 13.5 Å². The molecule has 0 spiro atoms. The van der Waals surface area contributed by atoms with E-state index in [4.69, 9.17) is 4.42 Å². The molecule has 0 atom stereocenters. The summed E-state index contributed by atoms with van der Waals surface area (Å²) < 4.78 is 5.37. The second kappa shape index (κ2) is 4.86. The third-order valence-electron chi connectivity index (χ3n) is 3.20. The van der Waals surface area contributed by atoms with Crippen LogP contribution in [0.2, 0.25) is 0 Å². The SMILES string of the molecule is Cc1ncc(CO)c2cc(-c3ccncc3)c(=O)oc12. The van der Waals surface area contributed by atoms with Gasteiger partial charge < -0.3 is 9.52 Å². The van der Waals surface area contributed by atoms with Crippen molar-refractivity contribution in [1.82, 2.24) is 9.97 Å². The van der Waals surface area contributed by atoms with Crippen LogP contribution in [-0.2, 0) is 6.61 Å². The predicted octanol–water partition coefficient (Wildman–Crippen LogP) is 2.05. The minimum atomic E-state index is -0.427. The van der Waals surface area contributed by atoms with Crippen LogP contribution >= 0.6 is 0 Å². The van der Waals surface area contributed by atoms with Crippen LogP contribution in [0.1, 0.15) is 11.3 Å². The molecule has 5 nitrogen and oxygen atoms in total. The highest BCUT2D eigenvalue weighted by atomic mass is 16.4. The van der Waals surface area contributed by atoms with E-state index in [0.29, 0.717) is 27.8 Å². The van der Waals surface area contributed by atoms with Crippen molar-refractivity contribution >= 4 is 11.0 Å². The molecule has 1 N–H and O–H groups in total. The third-order valence-corrected chi connectivity index (χ3v) is 3.20. The summed E-state index contributed by atoms with van der Waals surface area (Å²) >= 11 is 0. The fourth-order valence-electron chi connectivity index (χ4n) is 2.14. The summed E-state index contributed by atoms with van der Waals surface area (Å²) in [6, 6.07) is 5.21. The van der Waals surface area contributed by atoms with Crippen molar-refractivity contribution < 1.29 is 9.52 Å². The Kier molecular flexibility index (Phi) is 3.04. The number of aliphatic hydroxyl groups excluding tert-OH is 1. The highest BCUT2D eigenvalue weighted by Gasteiger charge is 2.12. The van der Waals surface area contributed by atoms with Gasteiger partial charge in [0.25, 0.3) is 0 Å². The van der Waals surface area contributed by atoms with Crippen molar-refractivity contribution in [3.63, 3.8) is 0 Å². The van der Waals surface area contributed by atoms with Gasteiger partial charge in [-0.05, 0) is 30.7 Å². The zero-order valence-electron chi connectivity index (χ0n) is 10.8. The Morgan fingerprint density at radius 3 is 2.75 bits per heavy atom. The number of hydrogen-bond donors (Lipinski definition) is 1. The summed E-state index contributed by atoms with van der Waals surface area (Å²) in [5.74, 6) is 0. The molecule has 0 amide bonds. The standard InChI is InChI=1S/C15H12N2O3/c1-9-14-12(11(8-18)7-17-9)6-13(15(19)20-14)10-2-4-16-5-3-10/h2-7,18H,8H2,1H3. The highest BCUT2D eigenvalue weighted by Crippen LogP contribution is 2.24. The Hall–Kier alpha value is -2.53. The summed E-state index contributed by atoms with van der Waals surface area (Å²) in [5, 5.41) is 10.1. The fourth-order valence-corrected chi connectivity index (χ4v) is 2.14. The molecular weight excluding hydrogens is 256 g/mol. The molecule has 0 fully saturated rings. The van der Waals surface area contributed by atoms with Gasteiger partial charge in [-0.25, -0.2) is 4.79 Å². The molecule has 3 aromatic rings. The molecule has 0 aromatic carbocycles. The Bertz CT molecular complexity index is 826. The lowest BCUT2D eigenvalue weighted by Gasteiger charge is -2.07. The molecule has 0 saturated heterocycles. The lowest BCUT2D eigenvalue weighted by molar-refractivity contribution is 0.282. The van der Waals surface area contributed by atoms with E-state index >= 15 is 0 Å². The van der Waals surface area contributed by atoms with Crippen LogP contribution < -0.4 is 5.63 Å². The average molecular weight is 268 g/mol. The van der Waals surface area contributed by atoms with E-state index in [1.807, 2.05) is 0 Å². The van der Waals surface area contributed by atoms with Crippen LogP contribution in [0.25, 0.3) is 22.1 Å². The lowest BCUT2D eigenvalue weighted by Crippen LogP contribution is -2.05. The Morgan fingerprint density at radius 2 is 2.05 bits per heavy atom. The predicted molar refractivity (Wildman–Crippen MR) is 74.2 cm³/mol. The minimum absolute atomic E-state index is 0.159. The number of aryl methyl sites for hydroxylation is 1. The first-order chi connectivity index (χ1) is 9.70. The zero-order valence-corrected chi connectivity index (χ0v) is 10.8. The van der Waals surface area contributed by atoms with Gasteiger partial charge in [-0.2, -0.15) is 0 Å². The van der Waals surface area contributed by atoms with Crippen molar-refractivity contribution in [3.05, 3.63) is 58.5 Å². The molecule has 0 unspecified atom stereocenters. The van der Waals surface area contributed by atoms with Gasteiger partial charge in [0, 0.05) is 29.5 Å². The number of pyridine rings is 2. The maximum absolute atomic E-state index is 12.1. The van der Waals surface area contributed by atoms with Crippen molar-refractivity contribution in [2.75, 3.05) is 0 Å². The quantitative estimate of drug-likeness (QED) is 0.769. The van der Waals surface area contributed by atoms with Crippen molar-refractivity contribution in [3.8, 4) is 11.1 Å². The molecule has 20 heavy (non-hydrogen) atoms. The van der Waals surface area contributed by atoms with Gasteiger partial charge in [0.05, 0.1) is 17.9 Å². The molecule has 0 aliphatic carbocycles. The number of aliphatic hydroxyl groups is 1. The molecule has 0 aliphatic heterocycles. The number of fused-ring (bicyclic) bond motifs is 1. The molecule has 0 bridgehead atoms. The monoisotopic (exact) mass is 268 g/mol. The maximum Gasteiger partial charge on any atom is 0.344 e. The molecular formula is C15H12N2O3. The van der Waals surface area contributed by atoms with Gasteiger partial charge in [0.2, 0.25) is 0 Å². The van der Waals surface area contributed by atoms with Crippen LogP contribution in [0.3, 0.4) is 0 Å². The molecule has 100 valence electrons. The molecule has 0 radical (unpaired) electrons. The zero-order chi connectivity index (χ0) is 14.1. The fraction of sp³-hybridized carbons (Fsp3) is 0.133. The summed E-state index contributed by atoms with van der Waals surface area (Å²) in [6.07, 6.45) is 4.82. The topological polar surface area (TPSA) is 76.2 Å². The summed E-state index contributed by atoms with van der Waals surface area (Å²) in [7, 11) is 0. The second-order valence-corrected chi connectivity index (χ2v) is 4.45. The Balaban J connectivity index is 2.36. The van der Waals surface area contributed by atoms with Crippen molar-refractivity contribution in [1.29, 1.82) is 0 Å². The average Bonchev–Trinajstić information content (AvgIpc) is 2.49. The van der Waals surface area contributed by atoms with Gasteiger partial charge >= 0.3 is 5.63 Å². The molecule has 0 saturated carbocycles. The van der Waals surface area contributed by atoms with Crippen LogP contribution in [0.4, 0.5) is 0 Å². The Labute approximate surface area is 114 Å². The van der Waals surface area contributed by atoms with Gasteiger partial charge in [-0.15, -0.1) is 0 Å². The molecule has 0 aliphatic rings. The van der Waals surface area contributed by atoms with Crippen LogP contribution in [0.15, 0.2) is 46.0 Å². The smallest absolute Gasteiger partial charge is 0.344 e. The van der Waals surface area contributed by atoms with E-state index < -0.39 is 5.63 Å². The molecule has 5 heteroatoms. The van der Waals surface area contributed by atoms with Crippen LogP contribution in [-0.4, -0.2) is 15.1 Å². The number of hydrogen-bond acceptors (Lipinski definition) is 5. The number of nitrogens with zero attached hydrogens (tertiary/aromatic N) is 2. The second-order valence-electron chi connectivity index (χ2n) is 4.45. The summed E-state index contributed by atoms with van der Waals surface area (Å²) in [6.45, 7) is 1.60. The first-order valence-corrected chi connectivity index (χ1v) is 6.14. The normalized spacial score (nSPS) is 10.9. The highest BCUT2D eigenvalue weighted by molar-refractivity contribution is 5.85. The minimum Gasteiger partial charge on any atom is -0.420 e. The molecule has 3 heterocycles.